The Morgan fingerprint density at radius 3 is 2.04 bits per heavy atom. The molecule has 50 heavy (non-hydrogen) atoms. The van der Waals surface area contributed by atoms with Gasteiger partial charge in [0, 0.05) is 38.0 Å². The van der Waals surface area contributed by atoms with Crippen LogP contribution in [0.5, 0.6) is 0 Å². The van der Waals surface area contributed by atoms with Crippen LogP contribution in [0, 0.1) is 23.3 Å². The van der Waals surface area contributed by atoms with E-state index in [-0.39, 0.29) is 54.3 Å². The number of nitrogens with zero attached hydrogens (tertiary/aromatic N) is 2. The molecule has 0 saturated heterocycles. The summed E-state index contributed by atoms with van der Waals surface area (Å²) in [6.07, 6.45) is 7.74. The number of carbonyl (C=O) groups is 1. The Bertz CT molecular complexity index is 1820. The summed E-state index contributed by atoms with van der Waals surface area (Å²) in [6, 6.07) is 21.8. The maximum atomic E-state index is 11.7. The molecule has 3 aromatic carbocycles. The third-order valence-electron chi connectivity index (χ3n) is 10.1. The van der Waals surface area contributed by atoms with Crippen molar-refractivity contribution < 1.29 is 30.0 Å². The van der Waals surface area contributed by atoms with E-state index in [0.29, 0.717) is 0 Å². The second-order valence-corrected chi connectivity index (χ2v) is 25.6. The second-order valence-electron chi connectivity index (χ2n) is 16.6. The third kappa shape index (κ3) is 9.24. The van der Waals surface area contributed by atoms with Crippen LogP contribution in [0.15, 0.2) is 66.7 Å². The molecule has 1 radical (unpaired) electrons. The minimum absolute atomic E-state index is 0. The molecule has 0 fully saturated rings. The van der Waals surface area contributed by atoms with E-state index < -0.39 is 13.3 Å². The fourth-order valence-corrected chi connectivity index (χ4v) is 14.2. The van der Waals surface area contributed by atoms with Crippen LogP contribution in [0.25, 0.3) is 33.3 Å². The quantitative estimate of drug-likeness (QED) is 0.0787. The van der Waals surface area contributed by atoms with Gasteiger partial charge in [-0.2, -0.15) is 0 Å². The van der Waals surface area contributed by atoms with Crippen LogP contribution in [-0.2, 0) is 36.7 Å². The number of allylic oxidation sites excluding steroid dienone is 2. The van der Waals surface area contributed by atoms with Crippen LogP contribution in [-0.4, -0.2) is 34.1 Å². The number of hydrogen-bond acceptors (Lipinski definition) is 4. The number of carbonyl (C=O) groups excluding carboxylic acids is 1. The largest absolute Gasteiger partial charge is 0.512 e. The van der Waals surface area contributed by atoms with Gasteiger partial charge in [-0.25, -0.2) is 0 Å². The van der Waals surface area contributed by atoms with Crippen LogP contribution < -0.4 is 8.79 Å². The zero-order chi connectivity index (χ0) is 36.3. The van der Waals surface area contributed by atoms with Gasteiger partial charge in [0.15, 0.2) is 5.78 Å². The van der Waals surface area contributed by atoms with E-state index in [1.165, 1.54) is 36.9 Å². The summed E-state index contributed by atoms with van der Waals surface area (Å²) in [5.41, 5.74) is 7.72. The molecule has 1 N–H and O–H groups in total. The Morgan fingerprint density at radius 2 is 1.46 bits per heavy atom. The first kappa shape index (κ1) is 41.8. The molecular formula is C44H59GeIrN2O2-. The Hall–Kier alpha value is -2.60. The smallest absolute Gasteiger partial charge is 0.162 e. The molecule has 0 saturated carbocycles. The summed E-state index contributed by atoms with van der Waals surface area (Å²) in [7, 11) is 0. The predicted octanol–water partition coefficient (Wildman–Crippen LogP) is 10.7. The summed E-state index contributed by atoms with van der Waals surface area (Å²) < 4.78 is 2.94. The SMILES string of the molecule is CC(C)(C)Cc1ccc2[c](c1)[Ge]([CH3])([CH3])[c]1c(-c3[c-]c4ccccc4c(C(C)(C)C)c3)ncnc1-2.CCC(CC)C(=O)/C=C(\O)C(CC)CC.[Ir]. The fraction of sp³-hybridized carbons (Fsp3) is 0.477. The first-order valence-electron chi connectivity index (χ1n) is 18.4. The number of benzene rings is 3. The van der Waals surface area contributed by atoms with Crippen molar-refractivity contribution in [2.24, 2.45) is 17.3 Å². The van der Waals surface area contributed by atoms with Crippen LogP contribution in [0.2, 0.25) is 11.5 Å². The average molecular weight is 913 g/mol. The van der Waals surface area contributed by atoms with E-state index in [9.17, 15) is 9.90 Å². The maximum Gasteiger partial charge on any atom is 0.162 e. The number of aliphatic hydroxyl groups excluding tert-OH is 1. The molecule has 1 aliphatic heterocycles. The molecule has 271 valence electrons. The van der Waals surface area contributed by atoms with Crippen molar-refractivity contribution in [3.63, 3.8) is 0 Å². The van der Waals surface area contributed by atoms with Gasteiger partial charge in [-0.1, -0.05) is 27.7 Å². The molecule has 4 nitrogen and oxygen atoms in total. The first-order valence-corrected chi connectivity index (χ1v) is 24.7. The minimum Gasteiger partial charge on any atom is -0.512 e. The summed E-state index contributed by atoms with van der Waals surface area (Å²) in [5.74, 6) is 5.56. The van der Waals surface area contributed by atoms with Crippen LogP contribution >= 0.6 is 0 Å². The van der Waals surface area contributed by atoms with Gasteiger partial charge in [0.25, 0.3) is 0 Å². The monoisotopic (exact) mass is 914 g/mol. The molecule has 6 heteroatoms. The van der Waals surface area contributed by atoms with Gasteiger partial charge in [0.05, 0.1) is 5.76 Å². The van der Waals surface area contributed by atoms with Crippen LogP contribution in [0.4, 0.5) is 0 Å². The molecule has 0 aliphatic carbocycles. The zero-order valence-corrected chi connectivity index (χ0v) is 37.0. The third-order valence-corrected chi connectivity index (χ3v) is 17.4. The predicted molar refractivity (Wildman–Crippen MR) is 212 cm³/mol. The van der Waals surface area contributed by atoms with Crippen molar-refractivity contribution in [1.29, 1.82) is 0 Å². The average Bonchev–Trinajstić information content (AvgIpc) is 3.26. The number of hydrogen-bond donors (Lipinski definition) is 1. The zero-order valence-electron chi connectivity index (χ0n) is 32.5. The minimum atomic E-state index is -2.62. The molecule has 4 aromatic rings. The van der Waals surface area contributed by atoms with Gasteiger partial charge in [-0.3, -0.25) is 4.79 Å². The van der Waals surface area contributed by atoms with E-state index in [1.807, 2.05) is 27.7 Å². The van der Waals surface area contributed by atoms with Crippen molar-refractivity contribution in [3.8, 4) is 22.5 Å². The summed E-state index contributed by atoms with van der Waals surface area (Å²) in [5, 5.41) is 12.2. The topological polar surface area (TPSA) is 63.1 Å². The molecule has 1 aromatic heterocycles. The van der Waals surface area contributed by atoms with Crippen molar-refractivity contribution >= 4 is 38.6 Å². The van der Waals surface area contributed by atoms with E-state index in [4.69, 9.17) is 9.97 Å². The summed E-state index contributed by atoms with van der Waals surface area (Å²) in [6.45, 7) is 21.9. The van der Waals surface area contributed by atoms with Gasteiger partial charge >= 0.3 is 208 Å². The van der Waals surface area contributed by atoms with Crippen LogP contribution in [0.3, 0.4) is 0 Å². The van der Waals surface area contributed by atoms with Gasteiger partial charge in [-0.05, 0) is 25.7 Å². The maximum absolute atomic E-state index is 11.7. The first-order chi connectivity index (χ1) is 23.0. The molecule has 0 bridgehead atoms. The summed E-state index contributed by atoms with van der Waals surface area (Å²) >= 11 is -2.62. The van der Waals surface area contributed by atoms with E-state index >= 15 is 0 Å². The molecule has 5 rings (SSSR count). The van der Waals surface area contributed by atoms with Gasteiger partial charge < -0.3 is 5.11 Å². The molecule has 2 heterocycles. The Balaban J connectivity index is 0.000000361. The van der Waals surface area contributed by atoms with Crippen molar-refractivity contribution in [2.75, 3.05) is 0 Å². The van der Waals surface area contributed by atoms with Gasteiger partial charge in [0.1, 0.15) is 0 Å². The van der Waals surface area contributed by atoms with Crippen molar-refractivity contribution in [1.82, 2.24) is 9.97 Å². The Labute approximate surface area is 318 Å². The number of rotatable bonds is 9. The van der Waals surface area contributed by atoms with E-state index in [0.717, 1.165) is 54.4 Å². The van der Waals surface area contributed by atoms with E-state index in [1.54, 1.807) is 6.33 Å². The van der Waals surface area contributed by atoms with Gasteiger partial charge in [0.2, 0.25) is 0 Å². The number of ketones is 1. The molecule has 1 aliphatic rings. The fourth-order valence-electron chi connectivity index (χ4n) is 7.32. The number of aromatic nitrogens is 2. The van der Waals surface area contributed by atoms with E-state index in [2.05, 4.69) is 108 Å². The second kappa shape index (κ2) is 16.8. The van der Waals surface area contributed by atoms with Crippen molar-refractivity contribution in [3.05, 3.63) is 83.9 Å². The Morgan fingerprint density at radius 1 is 0.860 bits per heavy atom. The summed E-state index contributed by atoms with van der Waals surface area (Å²) in [4.78, 5) is 21.5. The number of fused-ring (bicyclic) bond motifs is 4. The van der Waals surface area contributed by atoms with Crippen LogP contribution in [0.1, 0.15) is 106 Å². The normalized spacial score (nSPS) is 13.8. The van der Waals surface area contributed by atoms with Crippen molar-refractivity contribution in [2.45, 2.75) is 118 Å². The molecular weight excluding hydrogens is 853 g/mol. The number of aliphatic hydroxyl groups is 1. The molecule has 0 atom stereocenters. The molecule has 0 amide bonds. The Kier molecular flexibility index (Phi) is 14.1. The molecule has 0 unspecified atom stereocenters. The standard InChI is InChI=1S/C31H35GeN2.C13H24O2.Ir/c1-30(2,3)18-20-13-14-24-26(15-20)32(7,8)27-28(33-19-34-29(24)27)22-16-21-11-9-10-12-23(21)25(17-22)31(4,5)6;1-5-10(6-2)12(14)9-13(15)11(7-3)8-4;/h9-15,17,19H,18H2,1-8H3;9-11,14H,5-8H2,1-4H3;/q-1;;/b;12-9-;. The van der Waals surface area contributed by atoms with Gasteiger partial charge in [-0.15, -0.1) is 0 Å². The molecule has 0 spiro atoms.